The molecule has 2 aromatic carbocycles. The number of nitro benzene ring substituents is 1. The molecule has 0 saturated heterocycles. The van der Waals surface area contributed by atoms with E-state index in [-0.39, 0.29) is 16.9 Å². The van der Waals surface area contributed by atoms with Crippen molar-refractivity contribution in [3.05, 3.63) is 70.3 Å². The predicted molar refractivity (Wildman–Crippen MR) is 118 cm³/mol. The second-order valence-corrected chi connectivity index (χ2v) is 10.4. The summed E-state index contributed by atoms with van der Waals surface area (Å²) in [6, 6.07) is 17.0. The van der Waals surface area contributed by atoms with Crippen molar-refractivity contribution in [1.82, 2.24) is 14.8 Å². The van der Waals surface area contributed by atoms with Crippen LogP contribution in [0.25, 0.3) is 11.4 Å². The second kappa shape index (κ2) is 7.55. The summed E-state index contributed by atoms with van der Waals surface area (Å²) in [5.41, 5.74) is 2.04. The molecule has 0 amide bonds. The van der Waals surface area contributed by atoms with Gasteiger partial charge in [-0.25, -0.2) is 0 Å². The maximum atomic E-state index is 11.0. The molecule has 154 valence electrons. The van der Waals surface area contributed by atoms with E-state index in [1.807, 2.05) is 18.2 Å². The van der Waals surface area contributed by atoms with Gasteiger partial charge < -0.3 is 0 Å². The summed E-state index contributed by atoms with van der Waals surface area (Å²) in [5.74, 6) is 0.876. The highest BCUT2D eigenvalue weighted by atomic mass is 35.5. The molecule has 0 bridgehead atoms. The second-order valence-electron chi connectivity index (χ2n) is 7.73. The number of hydrogen-bond acceptors (Lipinski definition) is 5. The number of halogens is 2. The van der Waals surface area contributed by atoms with Gasteiger partial charge in [0.15, 0.2) is 11.0 Å². The number of rotatable bonds is 7. The van der Waals surface area contributed by atoms with Gasteiger partial charge in [0.1, 0.15) is 4.33 Å². The van der Waals surface area contributed by atoms with Gasteiger partial charge in [0, 0.05) is 34.9 Å². The van der Waals surface area contributed by atoms with Gasteiger partial charge in [-0.3, -0.25) is 14.7 Å². The van der Waals surface area contributed by atoms with Crippen molar-refractivity contribution in [1.29, 1.82) is 0 Å². The lowest BCUT2D eigenvalue weighted by atomic mass is 10.1. The van der Waals surface area contributed by atoms with Gasteiger partial charge in [-0.15, -0.1) is 33.4 Å². The Morgan fingerprint density at radius 1 is 1.10 bits per heavy atom. The number of nitrogens with zero attached hydrogens (tertiary/aromatic N) is 4. The number of nitro groups is 1. The third-order valence-corrected chi connectivity index (χ3v) is 7.73. The summed E-state index contributed by atoms with van der Waals surface area (Å²) in [6.07, 6.45) is 2.88. The van der Waals surface area contributed by atoms with Gasteiger partial charge in [0.25, 0.3) is 5.69 Å². The van der Waals surface area contributed by atoms with Gasteiger partial charge in [-0.05, 0) is 37.0 Å². The monoisotopic (exact) mass is 460 g/mol. The van der Waals surface area contributed by atoms with Crippen molar-refractivity contribution in [2.75, 3.05) is 0 Å². The molecule has 0 N–H and O–H groups in total. The lowest BCUT2D eigenvalue weighted by Gasteiger charge is -2.18. The van der Waals surface area contributed by atoms with Crippen LogP contribution in [0.5, 0.6) is 0 Å². The Bertz CT molecular complexity index is 1080. The van der Waals surface area contributed by atoms with Crippen LogP contribution in [0.1, 0.15) is 36.1 Å². The van der Waals surface area contributed by atoms with Crippen LogP contribution in [-0.2, 0) is 0 Å². The van der Waals surface area contributed by atoms with Crippen molar-refractivity contribution in [3.63, 3.8) is 0 Å². The standard InChI is InChI=1S/C21H18Cl2N4O2S/c22-21(23)12-17(21)18(13-4-2-1-3-5-13)30-20-25-24-19(26(20)15-10-11-15)14-6-8-16(9-7-14)27(28)29/h1-9,15,17-18H,10-12H2. The number of non-ortho nitro benzene ring substituents is 1. The Labute approximate surface area is 187 Å². The summed E-state index contributed by atoms with van der Waals surface area (Å²) in [6.45, 7) is 0. The highest BCUT2D eigenvalue weighted by Crippen LogP contribution is 2.63. The number of thioether (sulfide) groups is 1. The highest BCUT2D eigenvalue weighted by molar-refractivity contribution is 7.99. The van der Waals surface area contributed by atoms with E-state index >= 15 is 0 Å². The molecule has 30 heavy (non-hydrogen) atoms. The summed E-state index contributed by atoms with van der Waals surface area (Å²) >= 11 is 14.5. The molecule has 6 nitrogen and oxygen atoms in total. The SMILES string of the molecule is O=[N+]([O-])c1ccc(-c2nnc(SC(c3ccccc3)C3CC3(Cl)Cl)n2C2CC2)cc1. The zero-order valence-electron chi connectivity index (χ0n) is 15.8. The topological polar surface area (TPSA) is 73.8 Å². The molecule has 2 aliphatic rings. The van der Waals surface area contributed by atoms with E-state index in [4.69, 9.17) is 23.2 Å². The van der Waals surface area contributed by atoms with Crippen molar-refractivity contribution in [2.45, 2.75) is 40.0 Å². The first-order chi connectivity index (χ1) is 14.4. The normalized spacial score (nSPS) is 20.7. The fourth-order valence-corrected chi connectivity index (χ4v) is 5.83. The smallest absolute Gasteiger partial charge is 0.269 e. The van der Waals surface area contributed by atoms with E-state index in [1.165, 1.54) is 12.1 Å². The first-order valence-electron chi connectivity index (χ1n) is 9.73. The van der Waals surface area contributed by atoms with Gasteiger partial charge in [-0.1, -0.05) is 42.1 Å². The average Bonchev–Trinajstić information content (AvgIpc) is 3.65. The Balaban J connectivity index is 1.49. The van der Waals surface area contributed by atoms with Gasteiger partial charge in [0.05, 0.1) is 4.92 Å². The van der Waals surface area contributed by atoms with Crippen LogP contribution in [0.15, 0.2) is 59.8 Å². The maximum absolute atomic E-state index is 11.0. The molecule has 2 saturated carbocycles. The fourth-order valence-electron chi connectivity index (χ4n) is 3.65. The Morgan fingerprint density at radius 3 is 2.33 bits per heavy atom. The lowest BCUT2D eigenvalue weighted by Crippen LogP contribution is -2.06. The highest BCUT2D eigenvalue weighted by Gasteiger charge is 2.56. The quantitative estimate of drug-likeness (QED) is 0.181. The van der Waals surface area contributed by atoms with Crippen molar-refractivity contribution in [3.8, 4) is 11.4 Å². The molecular formula is C21H18Cl2N4O2S. The number of hydrogen-bond donors (Lipinski definition) is 0. The molecule has 0 aliphatic heterocycles. The fraction of sp³-hybridized carbons (Fsp3) is 0.333. The van der Waals surface area contributed by atoms with Crippen LogP contribution in [-0.4, -0.2) is 24.0 Å². The third-order valence-electron chi connectivity index (χ3n) is 5.51. The molecule has 1 heterocycles. The van der Waals surface area contributed by atoms with Crippen LogP contribution >= 0.6 is 35.0 Å². The molecule has 2 aliphatic carbocycles. The van der Waals surface area contributed by atoms with Crippen LogP contribution in [0.2, 0.25) is 0 Å². The molecule has 2 fully saturated rings. The van der Waals surface area contributed by atoms with Crippen LogP contribution in [0.4, 0.5) is 5.69 Å². The third kappa shape index (κ3) is 3.82. The van der Waals surface area contributed by atoms with Crippen molar-refractivity contribution in [2.24, 2.45) is 5.92 Å². The zero-order chi connectivity index (χ0) is 20.9. The molecule has 0 spiro atoms. The van der Waals surface area contributed by atoms with E-state index in [1.54, 1.807) is 23.9 Å². The molecule has 3 aromatic rings. The minimum Gasteiger partial charge on any atom is -0.299 e. The molecule has 2 atom stereocenters. The Kier molecular flexibility index (Phi) is 5.00. The van der Waals surface area contributed by atoms with Crippen molar-refractivity contribution >= 4 is 40.7 Å². The molecule has 5 rings (SSSR count). The molecule has 9 heteroatoms. The van der Waals surface area contributed by atoms with E-state index < -0.39 is 9.26 Å². The largest absolute Gasteiger partial charge is 0.299 e. The lowest BCUT2D eigenvalue weighted by molar-refractivity contribution is -0.384. The summed E-state index contributed by atoms with van der Waals surface area (Å²) in [7, 11) is 0. The van der Waals surface area contributed by atoms with Crippen LogP contribution in [0.3, 0.4) is 0 Å². The van der Waals surface area contributed by atoms with Gasteiger partial charge in [0.2, 0.25) is 0 Å². The van der Waals surface area contributed by atoms with E-state index in [0.29, 0.717) is 6.04 Å². The zero-order valence-corrected chi connectivity index (χ0v) is 18.1. The molecule has 2 unspecified atom stereocenters. The first kappa shape index (κ1) is 19.8. The first-order valence-corrected chi connectivity index (χ1v) is 11.4. The molecular weight excluding hydrogens is 443 g/mol. The number of benzene rings is 2. The number of aromatic nitrogens is 3. The van der Waals surface area contributed by atoms with E-state index in [9.17, 15) is 10.1 Å². The Morgan fingerprint density at radius 2 is 1.77 bits per heavy atom. The number of alkyl halides is 2. The summed E-state index contributed by atoms with van der Waals surface area (Å²) in [5, 5.41) is 20.8. The average molecular weight is 461 g/mol. The van der Waals surface area contributed by atoms with Crippen LogP contribution < -0.4 is 0 Å². The molecule has 0 radical (unpaired) electrons. The minimum atomic E-state index is -0.709. The van der Waals surface area contributed by atoms with Crippen molar-refractivity contribution < 1.29 is 4.92 Å². The predicted octanol–water partition coefficient (Wildman–Crippen LogP) is 6.22. The van der Waals surface area contributed by atoms with Gasteiger partial charge in [-0.2, -0.15) is 0 Å². The van der Waals surface area contributed by atoms with E-state index in [2.05, 4.69) is 26.9 Å². The summed E-state index contributed by atoms with van der Waals surface area (Å²) < 4.78 is 1.45. The van der Waals surface area contributed by atoms with E-state index in [0.717, 1.165) is 41.4 Å². The Hall–Kier alpha value is -2.09. The summed E-state index contributed by atoms with van der Waals surface area (Å²) in [4.78, 5) is 10.6. The van der Waals surface area contributed by atoms with Gasteiger partial charge >= 0.3 is 0 Å². The molecule has 1 aromatic heterocycles. The van der Waals surface area contributed by atoms with Crippen LogP contribution in [0, 0.1) is 16.0 Å². The minimum absolute atomic E-state index is 0.0595. The maximum Gasteiger partial charge on any atom is 0.269 e.